The molecular weight excluding hydrogens is 393 g/mol. The lowest BCUT2D eigenvalue weighted by Crippen LogP contribution is -2.34. The molecule has 0 unspecified atom stereocenters. The zero-order valence-electron chi connectivity index (χ0n) is 12.1. The summed E-state index contributed by atoms with van der Waals surface area (Å²) in [6, 6.07) is 8.95. The molecular formula is C16H16IN3O2. The molecule has 1 heterocycles. The van der Waals surface area contributed by atoms with Crippen molar-refractivity contribution in [1.82, 2.24) is 15.6 Å². The van der Waals surface area contributed by atoms with Gasteiger partial charge in [-0.05, 0) is 65.4 Å². The van der Waals surface area contributed by atoms with Crippen LogP contribution in [0.25, 0.3) is 0 Å². The lowest BCUT2D eigenvalue weighted by Gasteiger charge is -2.08. The SMILES string of the molecule is Cc1cc(C(=O)NCCNC(=O)c2cccnc2)ccc1I. The van der Waals surface area contributed by atoms with Crippen LogP contribution in [0, 0.1) is 10.5 Å². The van der Waals surface area contributed by atoms with E-state index in [2.05, 4.69) is 38.2 Å². The Balaban J connectivity index is 1.78. The predicted molar refractivity (Wildman–Crippen MR) is 92.8 cm³/mol. The van der Waals surface area contributed by atoms with Gasteiger partial charge in [0.15, 0.2) is 0 Å². The lowest BCUT2D eigenvalue weighted by atomic mass is 10.1. The molecule has 0 saturated heterocycles. The van der Waals surface area contributed by atoms with Gasteiger partial charge in [-0.1, -0.05) is 0 Å². The molecule has 0 aliphatic heterocycles. The molecule has 0 spiro atoms. The molecule has 6 heteroatoms. The van der Waals surface area contributed by atoms with Crippen LogP contribution in [0.5, 0.6) is 0 Å². The van der Waals surface area contributed by atoms with E-state index in [1.165, 1.54) is 6.20 Å². The Morgan fingerprint density at radius 1 is 1.09 bits per heavy atom. The van der Waals surface area contributed by atoms with E-state index < -0.39 is 0 Å². The highest BCUT2D eigenvalue weighted by atomic mass is 127. The Labute approximate surface area is 142 Å². The lowest BCUT2D eigenvalue weighted by molar-refractivity contribution is 0.0927. The van der Waals surface area contributed by atoms with Crippen LogP contribution in [0.15, 0.2) is 42.7 Å². The third-order valence-electron chi connectivity index (χ3n) is 3.04. The molecule has 2 rings (SSSR count). The quantitative estimate of drug-likeness (QED) is 0.588. The first-order chi connectivity index (χ1) is 10.6. The summed E-state index contributed by atoms with van der Waals surface area (Å²) in [6.07, 6.45) is 3.11. The maximum Gasteiger partial charge on any atom is 0.252 e. The molecule has 0 radical (unpaired) electrons. The van der Waals surface area contributed by atoms with Crippen LogP contribution in [-0.4, -0.2) is 29.9 Å². The molecule has 0 bridgehead atoms. The van der Waals surface area contributed by atoms with Crippen LogP contribution < -0.4 is 10.6 Å². The minimum absolute atomic E-state index is 0.143. The molecule has 0 fully saturated rings. The summed E-state index contributed by atoms with van der Waals surface area (Å²) in [6.45, 7) is 2.70. The molecule has 22 heavy (non-hydrogen) atoms. The highest BCUT2D eigenvalue weighted by molar-refractivity contribution is 14.1. The van der Waals surface area contributed by atoms with E-state index in [-0.39, 0.29) is 11.8 Å². The summed E-state index contributed by atoms with van der Waals surface area (Å²) in [5.74, 6) is -0.345. The molecule has 5 nitrogen and oxygen atoms in total. The number of rotatable bonds is 5. The Hall–Kier alpha value is -1.96. The van der Waals surface area contributed by atoms with E-state index in [0.29, 0.717) is 24.2 Å². The largest absolute Gasteiger partial charge is 0.350 e. The smallest absolute Gasteiger partial charge is 0.252 e. The van der Waals surface area contributed by atoms with E-state index in [4.69, 9.17) is 0 Å². The van der Waals surface area contributed by atoms with Crippen molar-refractivity contribution in [1.29, 1.82) is 0 Å². The summed E-state index contributed by atoms with van der Waals surface area (Å²) in [5.41, 5.74) is 2.19. The van der Waals surface area contributed by atoms with Gasteiger partial charge in [-0.15, -0.1) is 0 Å². The van der Waals surface area contributed by atoms with Gasteiger partial charge in [-0.2, -0.15) is 0 Å². The first-order valence-corrected chi connectivity index (χ1v) is 7.88. The number of carbonyl (C=O) groups is 2. The fourth-order valence-corrected chi connectivity index (χ4v) is 2.17. The first-order valence-electron chi connectivity index (χ1n) is 6.80. The van der Waals surface area contributed by atoms with Crippen LogP contribution in [0.3, 0.4) is 0 Å². The van der Waals surface area contributed by atoms with Gasteiger partial charge in [0.1, 0.15) is 0 Å². The molecule has 1 aromatic carbocycles. The monoisotopic (exact) mass is 409 g/mol. The van der Waals surface area contributed by atoms with Crippen molar-refractivity contribution < 1.29 is 9.59 Å². The Kier molecular flexibility index (Phi) is 5.88. The number of aryl methyl sites for hydroxylation is 1. The van der Waals surface area contributed by atoms with Crippen LogP contribution in [0.2, 0.25) is 0 Å². The predicted octanol–water partition coefficient (Wildman–Crippen LogP) is 2.15. The third-order valence-corrected chi connectivity index (χ3v) is 4.25. The number of pyridine rings is 1. The van der Waals surface area contributed by atoms with Crippen molar-refractivity contribution in [3.8, 4) is 0 Å². The van der Waals surface area contributed by atoms with Crippen molar-refractivity contribution in [2.75, 3.05) is 13.1 Å². The van der Waals surface area contributed by atoms with Gasteiger partial charge in [0, 0.05) is 34.6 Å². The van der Waals surface area contributed by atoms with Crippen LogP contribution in [0.4, 0.5) is 0 Å². The summed E-state index contributed by atoms with van der Waals surface area (Å²) < 4.78 is 1.12. The number of benzene rings is 1. The minimum Gasteiger partial charge on any atom is -0.350 e. The molecule has 0 aliphatic carbocycles. The van der Waals surface area contributed by atoms with Crippen molar-refractivity contribution in [2.24, 2.45) is 0 Å². The molecule has 2 aromatic rings. The van der Waals surface area contributed by atoms with Crippen LogP contribution in [-0.2, 0) is 0 Å². The number of hydrogen-bond donors (Lipinski definition) is 2. The van der Waals surface area contributed by atoms with E-state index in [1.807, 2.05) is 19.1 Å². The summed E-state index contributed by atoms with van der Waals surface area (Å²) in [4.78, 5) is 27.6. The number of carbonyl (C=O) groups excluding carboxylic acids is 2. The van der Waals surface area contributed by atoms with Gasteiger partial charge in [0.25, 0.3) is 11.8 Å². The van der Waals surface area contributed by atoms with Crippen molar-refractivity contribution in [2.45, 2.75) is 6.92 Å². The third kappa shape index (κ3) is 4.52. The van der Waals surface area contributed by atoms with Gasteiger partial charge in [-0.3, -0.25) is 14.6 Å². The van der Waals surface area contributed by atoms with Crippen molar-refractivity contribution in [3.63, 3.8) is 0 Å². The summed E-state index contributed by atoms with van der Waals surface area (Å²) in [5, 5.41) is 5.51. The second kappa shape index (κ2) is 7.88. The van der Waals surface area contributed by atoms with Gasteiger partial charge in [0.05, 0.1) is 5.56 Å². The topological polar surface area (TPSA) is 71.1 Å². The zero-order chi connectivity index (χ0) is 15.9. The fraction of sp³-hybridized carbons (Fsp3) is 0.188. The maximum atomic E-state index is 12.0. The highest BCUT2D eigenvalue weighted by Gasteiger charge is 2.07. The molecule has 114 valence electrons. The molecule has 0 atom stereocenters. The number of nitrogens with one attached hydrogen (secondary N) is 2. The first kappa shape index (κ1) is 16.4. The molecule has 0 saturated carbocycles. The molecule has 2 amide bonds. The standard InChI is InChI=1S/C16H16IN3O2/c1-11-9-12(4-5-14(11)17)15(21)19-7-8-20-16(22)13-3-2-6-18-10-13/h2-6,9-10H,7-8H2,1H3,(H,19,21)(H,20,22). The maximum absolute atomic E-state index is 12.0. The summed E-state index contributed by atoms with van der Waals surface area (Å²) >= 11 is 2.23. The Bertz CT molecular complexity index is 674. The number of nitrogens with zero attached hydrogens (tertiary/aromatic N) is 1. The van der Waals surface area contributed by atoms with Gasteiger partial charge in [0.2, 0.25) is 0 Å². The van der Waals surface area contributed by atoms with E-state index in [1.54, 1.807) is 24.4 Å². The average molecular weight is 409 g/mol. The van der Waals surface area contributed by atoms with Gasteiger partial charge >= 0.3 is 0 Å². The van der Waals surface area contributed by atoms with Gasteiger partial charge in [-0.25, -0.2) is 0 Å². The number of hydrogen-bond acceptors (Lipinski definition) is 3. The molecule has 0 aliphatic rings. The summed E-state index contributed by atoms with van der Waals surface area (Å²) in [7, 11) is 0. The number of halogens is 1. The van der Waals surface area contributed by atoms with Crippen LogP contribution in [0.1, 0.15) is 26.3 Å². The normalized spacial score (nSPS) is 10.1. The minimum atomic E-state index is -0.201. The number of amides is 2. The van der Waals surface area contributed by atoms with E-state index in [9.17, 15) is 9.59 Å². The van der Waals surface area contributed by atoms with Crippen molar-refractivity contribution >= 4 is 34.4 Å². The Morgan fingerprint density at radius 3 is 2.36 bits per heavy atom. The zero-order valence-corrected chi connectivity index (χ0v) is 14.3. The Morgan fingerprint density at radius 2 is 1.77 bits per heavy atom. The van der Waals surface area contributed by atoms with E-state index >= 15 is 0 Å². The highest BCUT2D eigenvalue weighted by Crippen LogP contribution is 2.13. The van der Waals surface area contributed by atoms with Gasteiger partial charge < -0.3 is 10.6 Å². The second-order valence-corrected chi connectivity index (χ2v) is 5.88. The second-order valence-electron chi connectivity index (χ2n) is 4.72. The molecule has 2 N–H and O–H groups in total. The number of aromatic nitrogens is 1. The van der Waals surface area contributed by atoms with Crippen molar-refractivity contribution in [3.05, 3.63) is 63.0 Å². The average Bonchev–Trinajstić information content (AvgIpc) is 2.54. The van der Waals surface area contributed by atoms with E-state index in [0.717, 1.165) is 9.13 Å². The van der Waals surface area contributed by atoms with Crippen LogP contribution >= 0.6 is 22.6 Å². The molecule has 1 aromatic heterocycles. The fourth-order valence-electron chi connectivity index (χ4n) is 1.84.